The standard InChI is InChI=1S/C40H44BN3O5/c1-5-36(41-48-35-21-27-20-34(39(27,2)3)40(35,4)49-41)43-37(45)32-22-28(24-44(32)38(46)26-16-10-7-11-17-26)47-33-23-31(25-14-8-6-9-15-25)42-30-19-13-12-18-29(30)33/h6-19,23,27-28,32,34-36H,5,20-22,24H2,1-4H3,(H,43,45)/t27-,28+,32-,34-,35?,36-,40-/m0/s1. The number of fused-ring (bicyclic) bond motifs is 1. The van der Waals surface area contributed by atoms with Crippen molar-refractivity contribution in [2.45, 2.75) is 83.2 Å². The molecule has 2 bridgehead atoms. The molecule has 49 heavy (non-hydrogen) atoms. The van der Waals surface area contributed by atoms with Crippen molar-refractivity contribution < 1.29 is 23.6 Å². The highest BCUT2D eigenvalue weighted by atomic mass is 16.7. The predicted molar refractivity (Wildman–Crippen MR) is 190 cm³/mol. The van der Waals surface area contributed by atoms with Crippen LogP contribution in [0.25, 0.3) is 22.2 Å². The maximum atomic E-state index is 14.3. The van der Waals surface area contributed by atoms with Crippen LogP contribution < -0.4 is 10.1 Å². The lowest BCUT2D eigenvalue weighted by Crippen LogP contribution is -2.65. The summed E-state index contributed by atoms with van der Waals surface area (Å²) in [5, 5.41) is 4.14. The molecule has 5 fully saturated rings. The van der Waals surface area contributed by atoms with Crippen molar-refractivity contribution in [2.75, 3.05) is 6.54 Å². The van der Waals surface area contributed by atoms with Gasteiger partial charge in [0, 0.05) is 29.0 Å². The van der Waals surface area contributed by atoms with Crippen molar-refractivity contribution in [3.63, 3.8) is 0 Å². The van der Waals surface area contributed by atoms with E-state index >= 15 is 0 Å². The molecule has 2 saturated heterocycles. The van der Waals surface area contributed by atoms with Crippen LogP contribution in [0.3, 0.4) is 0 Å². The Kier molecular flexibility index (Phi) is 8.03. The summed E-state index contributed by atoms with van der Waals surface area (Å²) in [6, 6.07) is 28.3. The van der Waals surface area contributed by atoms with Gasteiger partial charge in [-0.3, -0.25) is 9.59 Å². The number of hydrogen-bond acceptors (Lipinski definition) is 6. The minimum Gasteiger partial charge on any atom is -0.488 e. The van der Waals surface area contributed by atoms with Gasteiger partial charge in [0.1, 0.15) is 17.9 Å². The van der Waals surface area contributed by atoms with Crippen LogP contribution in [0, 0.1) is 17.3 Å². The molecule has 3 aliphatic carbocycles. The first-order valence-electron chi connectivity index (χ1n) is 17.8. The third-order valence-corrected chi connectivity index (χ3v) is 12.0. The summed E-state index contributed by atoms with van der Waals surface area (Å²) in [6.07, 6.45) is 2.75. The Morgan fingerprint density at radius 1 is 0.980 bits per heavy atom. The van der Waals surface area contributed by atoms with E-state index in [1.54, 1.807) is 17.0 Å². The molecule has 0 radical (unpaired) electrons. The quantitative estimate of drug-likeness (QED) is 0.212. The Morgan fingerprint density at radius 2 is 1.69 bits per heavy atom. The highest BCUT2D eigenvalue weighted by Crippen LogP contribution is 2.65. The van der Waals surface area contributed by atoms with E-state index in [9.17, 15) is 9.59 Å². The van der Waals surface area contributed by atoms with Gasteiger partial charge < -0.3 is 24.3 Å². The van der Waals surface area contributed by atoms with E-state index in [1.165, 1.54) is 6.42 Å². The average Bonchev–Trinajstić information content (AvgIpc) is 3.71. The number of benzene rings is 3. The van der Waals surface area contributed by atoms with Crippen molar-refractivity contribution >= 4 is 29.8 Å². The van der Waals surface area contributed by atoms with Crippen molar-refractivity contribution in [3.8, 4) is 17.0 Å². The zero-order valence-electron chi connectivity index (χ0n) is 28.7. The number of nitrogens with one attached hydrogen (secondary N) is 1. The minimum atomic E-state index is -0.723. The van der Waals surface area contributed by atoms with Crippen molar-refractivity contribution in [1.82, 2.24) is 15.2 Å². The molecule has 9 rings (SSSR count). The van der Waals surface area contributed by atoms with Crippen LogP contribution in [0.15, 0.2) is 91.0 Å². The van der Waals surface area contributed by atoms with Crippen LogP contribution in [0.4, 0.5) is 0 Å². The Hall–Kier alpha value is -4.21. The van der Waals surface area contributed by atoms with E-state index in [4.69, 9.17) is 19.0 Å². The number of carbonyl (C=O) groups is 2. The summed E-state index contributed by atoms with van der Waals surface area (Å²) in [5.74, 6) is 0.990. The van der Waals surface area contributed by atoms with Gasteiger partial charge >= 0.3 is 7.12 Å². The summed E-state index contributed by atoms with van der Waals surface area (Å²) < 4.78 is 20.0. The average molecular weight is 658 g/mol. The largest absolute Gasteiger partial charge is 0.488 e. The summed E-state index contributed by atoms with van der Waals surface area (Å²) >= 11 is 0. The summed E-state index contributed by atoms with van der Waals surface area (Å²) in [5.41, 5.74) is 3.01. The molecule has 3 heterocycles. The van der Waals surface area contributed by atoms with Crippen molar-refractivity contribution in [3.05, 3.63) is 96.6 Å². The highest BCUT2D eigenvalue weighted by molar-refractivity contribution is 6.47. The number of nitrogens with zero attached hydrogens (tertiary/aromatic N) is 2. The Morgan fingerprint density at radius 3 is 2.43 bits per heavy atom. The molecule has 1 aromatic heterocycles. The van der Waals surface area contributed by atoms with Crippen molar-refractivity contribution in [2.24, 2.45) is 17.3 Å². The highest BCUT2D eigenvalue weighted by Gasteiger charge is 2.68. The Labute approximate surface area is 288 Å². The van der Waals surface area contributed by atoms with Crippen LogP contribution >= 0.6 is 0 Å². The summed E-state index contributed by atoms with van der Waals surface area (Å²) in [4.78, 5) is 34.8. The molecule has 4 aromatic rings. The van der Waals surface area contributed by atoms with Gasteiger partial charge in [0.05, 0.1) is 35.4 Å². The van der Waals surface area contributed by atoms with Crippen LogP contribution in [-0.2, 0) is 14.1 Å². The molecule has 3 saturated carbocycles. The van der Waals surface area contributed by atoms with Gasteiger partial charge in [0.15, 0.2) is 0 Å². The molecule has 252 valence electrons. The van der Waals surface area contributed by atoms with Gasteiger partial charge in [-0.1, -0.05) is 81.4 Å². The number of rotatable bonds is 8. The second-order valence-electron chi connectivity index (χ2n) is 15.1. The zero-order valence-corrected chi connectivity index (χ0v) is 28.7. The fourth-order valence-corrected chi connectivity index (χ4v) is 8.99. The lowest BCUT2D eigenvalue weighted by atomic mass is 9.43. The van der Waals surface area contributed by atoms with E-state index < -0.39 is 19.3 Å². The Bertz CT molecular complexity index is 1870. The molecule has 8 nitrogen and oxygen atoms in total. The third kappa shape index (κ3) is 5.51. The number of hydrogen-bond donors (Lipinski definition) is 1. The number of amides is 2. The molecule has 7 atom stereocenters. The van der Waals surface area contributed by atoms with Gasteiger partial charge in [0.25, 0.3) is 5.91 Å². The van der Waals surface area contributed by atoms with E-state index in [0.29, 0.717) is 36.0 Å². The molecule has 2 aliphatic heterocycles. The topological polar surface area (TPSA) is 90.0 Å². The number of aromatic nitrogens is 1. The monoisotopic (exact) mass is 657 g/mol. The van der Waals surface area contributed by atoms with Gasteiger partial charge in [-0.15, -0.1) is 0 Å². The van der Waals surface area contributed by atoms with Gasteiger partial charge in [-0.25, -0.2) is 4.98 Å². The third-order valence-electron chi connectivity index (χ3n) is 12.0. The second-order valence-corrected chi connectivity index (χ2v) is 15.1. The summed E-state index contributed by atoms with van der Waals surface area (Å²) in [6.45, 7) is 9.19. The van der Waals surface area contributed by atoms with E-state index in [-0.39, 0.29) is 41.4 Å². The molecule has 2 amide bonds. The number of likely N-dealkylation sites (tertiary alicyclic amines) is 1. The number of ether oxygens (including phenoxy) is 1. The van der Waals surface area contributed by atoms with E-state index in [0.717, 1.165) is 28.6 Å². The molecule has 5 aliphatic rings. The molecular weight excluding hydrogens is 613 g/mol. The molecule has 1 unspecified atom stereocenters. The van der Waals surface area contributed by atoms with Crippen LogP contribution in [-0.4, -0.2) is 65.2 Å². The zero-order chi connectivity index (χ0) is 33.9. The number of carbonyl (C=O) groups excluding carboxylic acids is 2. The molecule has 9 heteroatoms. The number of pyridine rings is 1. The first-order chi connectivity index (χ1) is 23.7. The predicted octanol–water partition coefficient (Wildman–Crippen LogP) is 6.73. The van der Waals surface area contributed by atoms with E-state index in [1.807, 2.05) is 85.8 Å². The molecule has 1 N–H and O–H groups in total. The van der Waals surface area contributed by atoms with E-state index in [2.05, 4.69) is 26.1 Å². The molecular formula is C40H44BN3O5. The lowest BCUT2D eigenvalue weighted by molar-refractivity contribution is -0.199. The fourth-order valence-electron chi connectivity index (χ4n) is 8.99. The SMILES string of the molecule is CC[C@H](NC(=O)[C@@H]1C[C@@H](Oc2cc(-c3ccccc3)nc3ccccc23)CN1C(=O)c1ccccc1)B1OC2C[C@@H]3C[C@@H](C3(C)C)[C@]2(C)O1. The smallest absolute Gasteiger partial charge is 0.481 e. The fraction of sp³-hybridized carbons (Fsp3) is 0.425. The molecule has 3 aromatic carbocycles. The van der Waals surface area contributed by atoms with Gasteiger partial charge in [-0.05, 0) is 67.7 Å². The molecule has 0 spiro atoms. The normalized spacial score (nSPS) is 28.9. The first-order valence-corrected chi connectivity index (χ1v) is 17.8. The lowest BCUT2D eigenvalue weighted by Gasteiger charge is -2.64. The van der Waals surface area contributed by atoms with Crippen LogP contribution in [0.5, 0.6) is 5.75 Å². The summed E-state index contributed by atoms with van der Waals surface area (Å²) in [7, 11) is -0.537. The van der Waals surface area contributed by atoms with Crippen LogP contribution in [0.2, 0.25) is 0 Å². The minimum absolute atomic E-state index is 0.0246. The maximum absolute atomic E-state index is 14.3. The maximum Gasteiger partial charge on any atom is 0.481 e. The van der Waals surface area contributed by atoms with Gasteiger partial charge in [-0.2, -0.15) is 0 Å². The number of para-hydroxylation sites is 1. The second kappa shape index (κ2) is 12.3. The van der Waals surface area contributed by atoms with Gasteiger partial charge in [0.2, 0.25) is 5.91 Å². The van der Waals surface area contributed by atoms with Crippen LogP contribution in [0.1, 0.15) is 63.7 Å². The first kappa shape index (κ1) is 32.0. The van der Waals surface area contributed by atoms with Crippen molar-refractivity contribution in [1.29, 1.82) is 0 Å². The Balaban J connectivity index is 1.05.